The highest BCUT2D eigenvalue weighted by atomic mass is 35.5. The summed E-state index contributed by atoms with van der Waals surface area (Å²) >= 11 is 5.87. The summed E-state index contributed by atoms with van der Waals surface area (Å²) in [4.78, 5) is 0. The Hall–Kier alpha value is -0.530. The van der Waals surface area contributed by atoms with E-state index >= 15 is 0 Å². The predicted octanol–water partition coefficient (Wildman–Crippen LogP) is 3.61. The third kappa shape index (κ3) is 2.73. The van der Waals surface area contributed by atoms with Crippen molar-refractivity contribution in [3.8, 4) is 0 Å². The topological polar surface area (TPSA) is 20.2 Å². The molecule has 1 aromatic carbocycles. The zero-order chi connectivity index (χ0) is 10.7. The lowest BCUT2D eigenvalue weighted by Crippen LogP contribution is -2.17. The van der Waals surface area contributed by atoms with Gasteiger partial charge in [-0.05, 0) is 48.8 Å². The van der Waals surface area contributed by atoms with Crippen molar-refractivity contribution < 1.29 is 5.11 Å². The van der Waals surface area contributed by atoms with Crippen LogP contribution in [0.5, 0.6) is 0 Å². The molecule has 0 aliphatic heterocycles. The Labute approximate surface area is 96.1 Å². The SMILES string of the molecule is OCC1CCCC(c2ccc(Cl)cc2)C1. The largest absolute Gasteiger partial charge is 0.396 e. The number of aliphatic hydroxyl groups is 1. The lowest BCUT2D eigenvalue weighted by Gasteiger charge is -2.28. The number of halogens is 1. The Kier molecular flexibility index (Phi) is 3.66. The molecule has 1 saturated carbocycles. The normalized spacial score (nSPS) is 26.5. The summed E-state index contributed by atoms with van der Waals surface area (Å²) in [6, 6.07) is 8.15. The van der Waals surface area contributed by atoms with E-state index in [1.807, 2.05) is 12.1 Å². The summed E-state index contributed by atoms with van der Waals surface area (Å²) in [5, 5.41) is 9.98. The van der Waals surface area contributed by atoms with Crippen molar-refractivity contribution in [2.75, 3.05) is 6.61 Å². The Bertz CT molecular complexity index is 307. The number of hydrogen-bond acceptors (Lipinski definition) is 1. The first-order chi connectivity index (χ1) is 7.29. The second-order valence-electron chi connectivity index (χ2n) is 4.46. The monoisotopic (exact) mass is 224 g/mol. The summed E-state index contributed by atoms with van der Waals surface area (Å²) in [7, 11) is 0. The minimum Gasteiger partial charge on any atom is -0.396 e. The molecule has 0 bridgehead atoms. The second kappa shape index (κ2) is 5.00. The second-order valence-corrected chi connectivity index (χ2v) is 4.90. The standard InChI is InChI=1S/C13H17ClO/c14-13-6-4-11(5-7-13)12-3-1-2-10(8-12)9-15/h4-7,10,12,15H,1-3,8-9H2. The third-order valence-corrected chi connectivity index (χ3v) is 3.63. The molecule has 1 aliphatic rings. The van der Waals surface area contributed by atoms with Crippen LogP contribution in [-0.4, -0.2) is 11.7 Å². The van der Waals surface area contributed by atoms with Crippen molar-refractivity contribution in [3.05, 3.63) is 34.9 Å². The molecule has 1 N–H and O–H groups in total. The molecule has 0 heterocycles. The Morgan fingerprint density at radius 3 is 2.60 bits per heavy atom. The van der Waals surface area contributed by atoms with E-state index in [0.29, 0.717) is 18.4 Å². The van der Waals surface area contributed by atoms with Gasteiger partial charge in [-0.25, -0.2) is 0 Å². The molecule has 2 unspecified atom stereocenters. The van der Waals surface area contributed by atoms with Gasteiger partial charge in [0.15, 0.2) is 0 Å². The molecular weight excluding hydrogens is 208 g/mol. The fraction of sp³-hybridized carbons (Fsp3) is 0.538. The molecule has 2 atom stereocenters. The fourth-order valence-corrected chi connectivity index (χ4v) is 2.62. The lowest BCUT2D eigenvalue weighted by molar-refractivity contribution is 0.180. The van der Waals surface area contributed by atoms with E-state index in [0.717, 1.165) is 11.4 Å². The third-order valence-electron chi connectivity index (χ3n) is 3.38. The van der Waals surface area contributed by atoms with E-state index in [2.05, 4.69) is 12.1 Å². The van der Waals surface area contributed by atoms with E-state index in [9.17, 15) is 5.11 Å². The summed E-state index contributed by atoms with van der Waals surface area (Å²) < 4.78 is 0. The summed E-state index contributed by atoms with van der Waals surface area (Å²) in [5.41, 5.74) is 1.37. The average Bonchev–Trinajstić information content (AvgIpc) is 2.30. The van der Waals surface area contributed by atoms with Crippen molar-refractivity contribution in [1.29, 1.82) is 0 Å². The zero-order valence-corrected chi connectivity index (χ0v) is 9.58. The summed E-state index contributed by atoms with van der Waals surface area (Å²) in [6.45, 7) is 0.337. The van der Waals surface area contributed by atoms with Gasteiger partial charge in [0.2, 0.25) is 0 Å². The Balaban J connectivity index is 2.06. The first kappa shape index (κ1) is 11.0. The van der Waals surface area contributed by atoms with Crippen LogP contribution in [0.25, 0.3) is 0 Å². The van der Waals surface area contributed by atoms with Gasteiger partial charge in [-0.2, -0.15) is 0 Å². The van der Waals surface area contributed by atoms with Crippen molar-refractivity contribution in [2.24, 2.45) is 5.92 Å². The van der Waals surface area contributed by atoms with Gasteiger partial charge < -0.3 is 5.11 Å². The van der Waals surface area contributed by atoms with Gasteiger partial charge in [-0.3, -0.25) is 0 Å². The molecule has 15 heavy (non-hydrogen) atoms. The van der Waals surface area contributed by atoms with Crippen LogP contribution in [0, 0.1) is 5.92 Å². The highest BCUT2D eigenvalue weighted by Crippen LogP contribution is 2.36. The molecule has 1 aromatic rings. The maximum Gasteiger partial charge on any atom is 0.0459 e. The van der Waals surface area contributed by atoms with Crippen LogP contribution < -0.4 is 0 Å². The molecule has 0 amide bonds. The Morgan fingerprint density at radius 2 is 1.93 bits per heavy atom. The molecule has 82 valence electrons. The molecule has 2 heteroatoms. The van der Waals surface area contributed by atoms with Crippen LogP contribution >= 0.6 is 11.6 Å². The van der Waals surface area contributed by atoms with Gasteiger partial charge in [0.05, 0.1) is 0 Å². The summed E-state index contributed by atoms with van der Waals surface area (Å²) in [5.74, 6) is 1.12. The van der Waals surface area contributed by atoms with Crippen LogP contribution in [0.3, 0.4) is 0 Å². The summed E-state index contributed by atoms with van der Waals surface area (Å²) in [6.07, 6.45) is 4.79. The van der Waals surface area contributed by atoms with E-state index in [-0.39, 0.29) is 0 Å². The van der Waals surface area contributed by atoms with Gasteiger partial charge in [0.25, 0.3) is 0 Å². The first-order valence-corrected chi connectivity index (χ1v) is 6.03. The van der Waals surface area contributed by atoms with Gasteiger partial charge in [0, 0.05) is 11.6 Å². The number of aliphatic hydroxyl groups excluding tert-OH is 1. The number of rotatable bonds is 2. The van der Waals surface area contributed by atoms with Crippen molar-refractivity contribution in [3.63, 3.8) is 0 Å². The van der Waals surface area contributed by atoms with E-state index in [4.69, 9.17) is 11.6 Å². The average molecular weight is 225 g/mol. The van der Waals surface area contributed by atoms with Crippen LogP contribution in [0.2, 0.25) is 5.02 Å². The lowest BCUT2D eigenvalue weighted by atomic mass is 9.78. The zero-order valence-electron chi connectivity index (χ0n) is 8.82. The molecule has 0 radical (unpaired) electrons. The van der Waals surface area contributed by atoms with Gasteiger partial charge >= 0.3 is 0 Å². The van der Waals surface area contributed by atoms with Crippen molar-refractivity contribution in [2.45, 2.75) is 31.6 Å². The van der Waals surface area contributed by atoms with E-state index in [1.165, 1.54) is 24.8 Å². The molecule has 0 saturated heterocycles. The molecule has 2 rings (SSSR count). The van der Waals surface area contributed by atoms with E-state index < -0.39 is 0 Å². The van der Waals surface area contributed by atoms with Crippen LogP contribution in [0.1, 0.15) is 37.2 Å². The quantitative estimate of drug-likeness (QED) is 0.814. The molecule has 1 fully saturated rings. The highest BCUT2D eigenvalue weighted by Gasteiger charge is 2.22. The maximum atomic E-state index is 9.18. The minimum absolute atomic E-state index is 0.337. The van der Waals surface area contributed by atoms with Gasteiger partial charge in [0.1, 0.15) is 0 Å². The van der Waals surface area contributed by atoms with E-state index in [1.54, 1.807) is 0 Å². The fourth-order valence-electron chi connectivity index (χ4n) is 2.49. The van der Waals surface area contributed by atoms with Crippen LogP contribution in [0.15, 0.2) is 24.3 Å². The smallest absolute Gasteiger partial charge is 0.0459 e. The maximum absolute atomic E-state index is 9.18. The van der Waals surface area contributed by atoms with Crippen molar-refractivity contribution in [1.82, 2.24) is 0 Å². The number of benzene rings is 1. The molecular formula is C13H17ClO. The Morgan fingerprint density at radius 1 is 1.20 bits per heavy atom. The highest BCUT2D eigenvalue weighted by molar-refractivity contribution is 6.30. The predicted molar refractivity (Wildman–Crippen MR) is 63.2 cm³/mol. The van der Waals surface area contributed by atoms with Gasteiger partial charge in [-0.15, -0.1) is 0 Å². The van der Waals surface area contributed by atoms with Crippen molar-refractivity contribution >= 4 is 11.6 Å². The number of hydrogen-bond donors (Lipinski definition) is 1. The molecule has 1 nitrogen and oxygen atoms in total. The minimum atomic E-state index is 0.337. The molecule has 0 aromatic heterocycles. The molecule has 0 spiro atoms. The first-order valence-electron chi connectivity index (χ1n) is 5.66. The van der Waals surface area contributed by atoms with Crippen LogP contribution in [0.4, 0.5) is 0 Å². The van der Waals surface area contributed by atoms with Crippen LogP contribution in [-0.2, 0) is 0 Å². The molecule has 1 aliphatic carbocycles. The van der Waals surface area contributed by atoms with Gasteiger partial charge in [-0.1, -0.05) is 30.2 Å².